The van der Waals surface area contributed by atoms with Crippen LogP contribution in [0.1, 0.15) is 32.1 Å². The Labute approximate surface area is 126 Å². The van der Waals surface area contributed by atoms with E-state index in [9.17, 15) is 9.59 Å². The highest BCUT2D eigenvalue weighted by molar-refractivity contribution is 5.74. The van der Waals surface area contributed by atoms with Crippen LogP contribution in [0.4, 0.5) is 4.79 Å². The second-order valence-corrected chi connectivity index (χ2v) is 6.59. The number of carbonyl (C=O) groups is 2. The second-order valence-electron chi connectivity index (χ2n) is 6.59. The molecular weight excluding hydrogens is 270 g/mol. The van der Waals surface area contributed by atoms with Crippen molar-refractivity contribution in [3.63, 3.8) is 0 Å². The molecule has 2 rings (SSSR count). The Balaban J connectivity index is 1.67. The summed E-state index contributed by atoms with van der Waals surface area (Å²) >= 11 is 0. The molecule has 2 fully saturated rings. The van der Waals surface area contributed by atoms with Gasteiger partial charge in [0.05, 0.1) is 5.92 Å². The average Bonchev–Trinajstić information content (AvgIpc) is 2.95. The summed E-state index contributed by atoms with van der Waals surface area (Å²) in [6.07, 6.45) is 4.31. The number of carboxylic acid groups (broad SMARTS) is 1. The molecule has 0 aromatic rings. The molecule has 1 unspecified atom stereocenters. The summed E-state index contributed by atoms with van der Waals surface area (Å²) in [5.41, 5.74) is 0. The third-order valence-corrected chi connectivity index (χ3v) is 4.92. The van der Waals surface area contributed by atoms with E-state index >= 15 is 0 Å². The lowest BCUT2D eigenvalue weighted by Crippen LogP contribution is -2.42. The number of hydrogen-bond donors (Lipinski definition) is 2. The van der Waals surface area contributed by atoms with Crippen molar-refractivity contribution in [1.29, 1.82) is 0 Å². The zero-order valence-corrected chi connectivity index (χ0v) is 13.0. The number of nitrogens with one attached hydrogen (secondary N) is 1. The Morgan fingerprint density at radius 1 is 1.19 bits per heavy atom. The van der Waals surface area contributed by atoms with Crippen LogP contribution in [-0.4, -0.2) is 66.7 Å². The van der Waals surface area contributed by atoms with E-state index in [-0.39, 0.29) is 11.9 Å². The van der Waals surface area contributed by atoms with Gasteiger partial charge in [0.2, 0.25) is 0 Å². The van der Waals surface area contributed by atoms with Crippen LogP contribution in [0.3, 0.4) is 0 Å². The summed E-state index contributed by atoms with van der Waals surface area (Å²) in [5, 5.41) is 12.0. The van der Waals surface area contributed by atoms with E-state index < -0.39 is 5.97 Å². The van der Waals surface area contributed by atoms with Gasteiger partial charge in [0.15, 0.2) is 0 Å². The summed E-state index contributed by atoms with van der Waals surface area (Å²) in [6.45, 7) is 2.29. The van der Waals surface area contributed by atoms with Gasteiger partial charge in [0.25, 0.3) is 0 Å². The van der Waals surface area contributed by atoms with Gasteiger partial charge in [-0.25, -0.2) is 4.79 Å². The molecule has 2 amide bonds. The van der Waals surface area contributed by atoms with E-state index in [4.69, 9.17) is 5.11 Å². The number of carboxylic acids is 1. The van der Waals surface area contributed by atoms with Crippen LogP contribution in [0.25, 0.3) is 0 Å². The van der Waals surface area contributed by atoms with E-state index in [2.05, 4.69) is 10.2 Å². The van der Waals surface area contributed by atoms with E-state index in [0.717, 1.165) is 45.2 Å². The molecule has 21 heavy (non-hydrogen) atoms. The Hall–Kier alpha value is -1.30. The quantitative estimate of drug-likeness (QED) is 0.818. The van der Waals surface area contributed by atoms with Crippen LogP contribution in [-0.2, 0) is 4.79 Å². The average molecular weight is 297 g/mol. The van der Waals surface area contributed by atoms with Gasteiger partial charge in [-0.2, -0.15) is 0 Å². The van der Waals surface area contributed by atoms with Crippen molar-refractivity contribution in [3.05, 3.63) is 0 Å². The molecule has 6 heteroatoms. The molecule has 2 N–H and O–H groups in total. The lowest BCUT2D eigenvalue weighted by Gasteiger charge is -2.27. The van der Waals surface area contributed by atoms with Crippen LogP contribution in [0.5, 0.6) is 0 Å². The van der Waals surface area contributed by atoms with Gasteiger partial charge >= 0.3 is 12.0 Å². The first-order valence-corrected chi connectivity index (χ1v) is 7.89. The smallest absolute Gasteiger partial charge is 0.317 e. The van der Waals surface area contributed by atoms with Crippen LogP contribution in [0.2, 0.25) is 0 Å². The maximum Gasteiger partial charge on any atom is 0.317 e. The summed E-state index contributed by atoms with van der Waals surface area (Å²) < 4.78 is 0. The van der Waals surface area contributed by atoms with E-state index in [1.54, 1.807) is 0 Å². The lowest BCUT2D eigenvalue weighted by atomic mass is 9.82. The molecule has 0 aromatic heterocycles. The van der Waals surface area contributed by atoms with E-state index in [1.807, 2.05) is 19.0 Å². The second kappa shape index (κ2) is 7.11. The van der Waals surface area contributed by atoms with Gasteiger partial charge in [-0.05, 0) is 52.1 Å². The fourth-order valence-corrected chi connectivity index (χ4v) is 3.30. The minimum absolute atomic E-state index is 0.0275. The zero-order chi connectivity index (χ0) is 15.4. The zero-order valence-electron chi connectivity index (χ0n) is 13.0. The molecule has 0 bridgehead atoms. The molecule has 0 spiro atoms. The Kier molecular flexibility index (Phi) is 5.45. The molecule has 0 radical (unpaired) electrons. The van der Waals surface area contributed by atoms with Crippen LogP contribution in [0, 0.1) is 11.8 Å². The molecule has 2 aliphatic rings. The first kappa shape index (κ1) is 16.1. The van der Waals surface area contributed by atoms with Gasteiger partial charge < -0.3 is 20.2 Å². The number of hydrogen-bond acceptors (Lipinski definition) is 3. The van der Waals surface area contributed by atoms with Crippen molar-refractivity contribution in [2.75, 3.05) is 33.7 Å². The van der Waals surface area contributed by atoms with Crippen molar-refractivity contribution in [2.45, 2.75) is 38.1 Å². The number of amides is 2. The number of likely N-dealkylation sites (N-methyl/N-ethyl adjacent to an activating group) is 1. The Bertz CT molecular complexity index is 378. The topological polar surface area (TPSA) is 72.9 Å². The highest BCUT2D eigenvalue weighted by Crippen LogP contribution is 2.28. The largest absolute Gasteiger partial charge is 0.481 e. The molecular formula is C15H27N3O3. The summed E-state index contributed by atoms with van der Waals surface area (Å²) in [6, 6.07) is 0.487. The lowest BCUT2D eigenvalue weighted by molar-refractivity contribution is -0.143. The summed E-state index contributed by atoms with van der Waals surface area (Å²) in [7, 11) is 4.10. The number of urea groups is 1. The first-order chi connectivity index (χ1) is 9.97. The van der Waals surface area contributed by atoms with E-state index in [0.29, 0.717) is 18.5 Å². The third-order valence-electron chi connectivity index (χ3n) is 4.92. The van der Waals surface area contributed by atoms with Crippen molar-refractivity contribution in [2.24, 2.45) is 11.8 Å². The molecule has 0 aromatic carbocycles. The van der Waals surface area contributed by atoms with Crippen molar-refractivity contribution in [3.8, 4) is 0 Å². The summed E-state index contributed by atoms with van der Waals surface area (Å²) in [4.78, 5) is 27.1. The van der Waals surface area contributed by atoms with Gasteiger partial charge in [-0.15, -0.1) is 0 Å². The Morgan fingerprint density at radius 3 is 2.38 bits per heavy atom. The fourth-order valence-electron chi connectivity index (χ4n) is 3.30. The highest BCUT2D eigenvalue weighted by atomic mass is 16.4. The number of rotatable bonds is 4. The first-order valence-electron chi connectivity index (χ1n) is 7.89. The van der Waals surface area contributed by atoms with Crippen LogP contribution < -0.4 is 5.32 Å². The minimum atomic E-state index is -0.677. The third kappa shape index (κ3) is 4.33. The number of aliphatic carboxylic acids is 1. The minimum Gasteiger partial charge on any atom is -0.481 e. The number of carbonyl (C=O) groups excluding carboxylic acids is 1. The monoisotopic (exact) mass is 297 g/mol. The predicted molar refractivity (Wildman–Crippen MR) is 80.1 cm³/mol. The predicted octanol–water partition coefficient (Wildman–Crippen LogP) is 1.22. The normalized spacial score (nSPS) is 29.7. The van der Waals surface area contributed by atoms with Crippen molar-refractivity contribution >= 4 is 12.0 Å². The maximum absolute atomic E-state index is 12.1. The van der Waals surface area contributed by atoms with Gasteiger partial charge in [-0.3, -0.25) is 4.79 Å². The fraction of sp³-hybridized carbons (Fsp3) is 0.867. The molecule has 6 nitrogen and oxygen atoms in total. The molecule has 1 saturated carbocycles. The standard InChI is InChI=1S/C15H27N3O3/c1-17(2)13-7-8-18(10-13)15(21)16-9-11-3-5-12(6-4-11)14(19)20/h11-13H,3-10H2,1-2H3,(H,16,21)(H,19,20). The van der Waals surface area contributed by atoms with Gasteiger partial charge in [-0.1, -0.05) is 0 Å². The molecule has 1 aliphatic heterocycles. The molecule has 1 heterocycles. The van der Waals surface area contributed by atoms with Gasteiger partial charge in [0.1, 0.15) is 0 Å². The molecule has 120 valence electrons. The van der Waals surface area contributed by atoms with E-state index in [1.165, 1.54) is 0 Å². The molecule has 1 atom stereocenters. The van der Waals surface area contributed by atoms with Crippen LogP contribution >= 0.6 is 0 Å². The Morgan fingerprint density at radius 2 is 1.86 bits per heavy atom. The summed E-state index contributed by atoms with van der Waals surface area (Å²) in [5.74, 6) is -0.433. The highest BCUT2D eigenvalue weighted by Gasteiger charge is 2.29. The maximum atomic E-state index is 12.1. The number of nitrogens with zero attached hydrogens (tertiary/aromatic N) is 2. The SMILES string of the molecule is CN(C)C1CCN(C(=O)NCC2CCC(C(=O)O)CC2)C1. The van der Waals surface area contributed by atoms with Crippen molar-refractivity contribution in [1.82, 2.24) is 15.1 Å². The van der Waals surface area contributed by atoms with Gasteiger partial charge in [0, 0.05) is 25.7 Å². The molecule has 1 aliphatic carbocycles. The number of likely N-dealkylation sites (tertiary alicyclic amines) is 1. The van der Waals surface area contributed by atoms with Crippen LogP contribution in [0.15, 0.2) is 0 Å². The van der Waals surface area contributed by atoms with Crippen molar-refractivity contribution < 1.29 is 14.7 Å². The molecule has 1 saturated heterocycles.